The van der Waals surface area contributed by atoms with Gasteiger partial charge in [-0.15, -0.1) is 0 Å². The van der Waals surface area contributed by atoms with E-state index >= 15 is 0 Å². The Bertz CT molecular complexity index is 1210. The normalized spacial score (nSPS) is 18.4. The summed E-state index contributed by atoms with van der Waals surface area (Å²) >= 11 is 0. The monoisotopic (exact) mass is 502 g/mol. The second-order valence-electron chi connectivity index (χ2n) is 9.71. The Morgan fingerprint density at radius 2 is 1.92 bits per heavy atom. The van der Waals surface area contributed by atoms with Crippen molar-refractivity contribution in [2.75, 3.05) is 32.1 Å². The molecule has 2 N–H and O–H groups in total. The van der Waals surface area contributed by atoms with E-state index in [0.717, 1.165) is 6.54 Å². The van der Waals surface area contributed by atoms with E-state index < -0.39 is 0 Å². The number of carbonyl (C=O) groups excluding carboxylic acids is 2. The molecule has 0 saturated carbocycles. The molecule has 0 fully saturated rings. The van der Waals surface area contributed by atoms with Crippen molar-refractivity contribution in [2.45, 2.75) is 32.5 Å². The van der Waals surface area contributed by atoms with Crippen molar-refractivity contribution >= 4 is 17.5 Å². The molecular weight excluding hydrogens is 468 g/mol. The standard InChI is InChI=1S/C29H34N4O4/c1-20-16-33(21(2)19-34)29(36)25-15-24(31-28(35)23-11-13-30-14-12-23)9-10-26(25)37-27(20)18-32(3)17-22-7-5-4-6-8-22/h4-15,20-21,27,34H,16-19H2,1-3H3,(H,31,35)/t20-,21-,27+/m1/s1. The molecule has 0 saturated heterocycles. The number of amides is 2. The molecule has 2 amide bonds. The molecule has 0 radical (unpaired) electrons. The summed E-state index contributed by atoms with van der Waals surface area (Å²) in [6.45, 7) is 5.63. The SMILES string of the molecule is C[C@@H]1CN([C@H](C)CO)C(=O)c2cc(NC(=O)c3ccncc3)ccc2O[C@H]1CN(C)Cc1ccccc1. The van der Waals surface area contributed by atoms with Crippen LogP contribution in [0.1, 0.15) is 40.1 Å². The number of carbonyl (C=O) groups is 2. The molecule has 8 heteroatoms. The minimum atomic E-state index is -0.362. The number of aliphatic hydroxyl groups is 1. The summed E-state index contributed by atoms with van der Waals surface area (Å²) in [4.78, 5) is 34.1. The first kappa shape index (κ1) is 26.3. The molecule has 0 unspecified atom stereocenters. The topological polar surface area (TPSA) is 95.0 Å². The van der Waals surface area contributed by atoms with Gasteiger partial charge in [-0.1, -0.05) is 37.3 Å². The van der Waals surface area contributed by atoms with Gasteiger partial charge in [0.25, 0.3) is 11.8 Å². The molecule has 1 aromatic heterocycles. The number of hydrogen-bond donors (Lipinski definition) is 2. The van der Waals surface area contributed by atoms with Crippen LogP contribution < -0.4 is 10.1 Å². The van der Waals surface area contributed by atoms with E-state index in [1.165, 1.54) is 5.56 Å². The van der Waals surface area contributed by atoms with Gasteiger partial charge in [-0.2, -0.15) is 0 Å². The third kappa shape index (κ3) is 6.53. The Kier molecular flexibility index (Phi) is 8.53. The maximum absolute atomic E-state index is 13.6. The summed E-state index contributed by atoms with van der Waals surface area (Å²) in [5.74, 6) is -0.0437. The predicted molar refractivity (Wildman–Crippen MR) is 143 cm³/mol. The molecule has 2 heterocycles. The van der Waals surface area contributed by atoms with E-state index in [0.29, 0.717) is 35.7 Å². The molecule has 0 aliphatic carbocycles. The van der Waals surface area contributed by atoms with Gasteiger partial charge in [0.1, 0.15) is 11.9 Å². The van der Waals surface area contributed by atoms with Crippen molar-refractivity contribution in [1.29, 1.82) is 0 Å². The lowest BCUT2D eigenvalue weighted by atomic mass is 9.99. The fourth-order valence-electron chi connectivity index (χ4n) is 4.49. The minimum Gasteiger partial charge on any atom is -0.488 e. The first-order valence-electron chi connectivity index (χ1n) is 12.5. The Morgan fingerprint density at radius 1 is 1.19 bits per heavy atom. The number of benzene rings is 2. The van der Waals surface area contributed by atoms with Gasteiger partial charge in [0.15, 0.2) is 0 Å². The molecule has 4 rings (SSSR count). The zero-order valence-electron chi connectivity index (χ0n) is 21.5. The highest BCUT2D eigenvalue weighted by molar-refractivity contribution is 6.05. The first-order chi connectivity index (χ1) is 17.9. The Morgan fingerprint density at radius 3 is 2.62 bits per heavy atom. The van der Waals surface area contributed by atoms with E-state index in [4.69, 9.17) is 4.74 Å². The van der Waals surface area contributed by atoms with Crippen LogP contribution in [0.25, 0.3) is 0 Å². The molecule has 0 spiro atoms. The third-order valence-electron chi connectivity index (χ3n) is 6.65. The number of aromatic nitrogens is 1. The number of hydrogen-bond acceptors (Lipinski definition) is 6. The van der Waals surface area contributed by atoms with Gasteiger partial charge in [0.05, 0.1) is 18.2 Å². The zero-order chi connectivity index (χ0) is 26.4. The molecular formula is C29H34N4O4. The molecule has 8 nitrogen and oxygen atoms in total. The number of rotatable bonds is 8. The first-order valence-corrected chi connectivity index (χ1v) is 12.5. The highest BCUT2D eigenvalue weighted by atomic mass is 16.5. The molecule has 3 atom stereocenters. The average molecular weight is 503 g/mol. The van der Waals surface area contributed by atoms with E-state index in [9.17, 15) is 14.7 Å². The number of fused-ring (bicyclic) bond motifs is 1. The predicted octanol–water partition coefficient (Wildman–Crippen LogP) is 3.69. The van der Waals surface area contributed by atoms with Crippen LogP contribution in [-0.2, 0) is 6.54 Å². The van der Waals surface area contributed by atoms with Gasteiger partial charge < -0.3 is 20.1 Å². The van der Waals surface area contributed by atoms with Gasteiger partial charge >= 0.3 is 0 Å². The second kappa shape index (κ2) is 12.0. The Hall–Kier alpha value is -3.75. The number of nitrogens with one attached hydrogen (secondary N) is 1. The molecule has 1 aliphatic heterocycles. The number of likely N-dealkylation sites (N-methyl/N-ethyl adjacent to an activating group) is 1. The van der Waals surface area contributed by atoms with Gasteiger partial charge in [-0.05, 0) is 49.9 Å². The highest BCUT2D eigenvalue weighted by Gasteiger charge is 2.33. The summed E-state index contributed by atoms with van der Waals surface area (Å²) in [6.07, 6.45) is 2.92. The molecule has 194 valence electrons. The fourth-order valence-corrected chi connectivity index (χ4v) is 4.49. The quantitative estimate of drug-likeness (QED) is 0.488. The summed E-state index contributed by atoms with van der Waals surface area (Å²) in [5, 5.41) is 12.7. The average Bonchev–Trinajstić information content (AvgIpc) is 2.91. The van der Waals surface area contributed by atoms with Crippen LogP contribution in [0.15, 0.2) is 73.1 Å². The Labute approximate surface area is 217 Å². The minimum absolute atomic E-state index is 0.0235. The van der Waals surface area contributed by atoms with E-state index in [-0.39, 0.29) is 36.5 Å². The van der Waals surface area contributed by atoms with Crippen molar-refractivity contribution in [3.05, 3.63) is 89.7 Å². The maximum atomic E-state index is 13.6. The number of ether oxygens (including phenoxy) is 1. The van der Waals surface area contributed by atoms with Crippen LogP contribution >= 0.6 is 0 Å². The lowest BCUT2D eigenvalue weighted by Crippen LogP contribution is -2.49. The molecule has 1 aliphatic rings. The smallest absolute Gasteiger partial charge is 0.258 e. The van der Waals surface area contributed by atoms with Crippen LogP contribution in [0.4, 0.5) is 5.69 Å². The van der Waals surface area contributed by atoms with Crippen LogP contribution in [0.2, 0.25) is 0 Å². The van der Waals surface area contributed by atoms with Crippen molar-refractivity contribution < 1.29 is 19.4 Å². The van der Waals surface area contributed by atoms with Gasteiger partial charge in [-0.25, -0.2) is 0 Å². The number of aliphatic hydroxyl groups excluding tert-OH is 1. The van der Waals surface area contributed by atoms with Crippen molar-refractivity contribution in [1.82, 2.24) is 14.8 Å². The van der Waals surface area contributed by atoms with E-state index in [1.807, 2.05) is 25.1 Å². The summed E-state index contributed by atoms with van der Waals surface area (Å²) in [6, 6.07) is 18.3. The fraction of sp³-hybridized carbons (Fsp3) is 0.345. The number of nitrogens with zero attached hydrogens (tertiary/aromatic N) is 3. The van der Waals surface area contributed by atoms with Crippen LogP contribution in [-0.4, -0.2) is 70.6 Å². The lowest BCUT2D eigenvalue weighted by Gasteiger charge is -2.38. The summed E-state index contributed by atoms with van der Waals surface area (Å²) in [7, 11) is 2.06. The van der Waals surface area contributed by atoms with E-state index in [2.05, 4.69) is 41.3 Å². The van der Waals surface area contributed by atoms with Gasteiger partial charge in [-0.3, -0.25) is 19.5 Å². The van der Waals surface area contributed by atoms with Gasteiger partial charge in [0.2, 0.25) is 0 Å². The van der Waals surface area contributed by atoms with E-state index in [1.54, 1.807) is 47.6 Å². The second-order valence-corrected chi connectivity index (χ2v) is 9.71. The lowest BCUT2D eigenvalue weighted by molar-refractivity contribution is 0.0341. The van der Waals surface area contributed by atoms with Crippen LogP contribution in [0, 0.1) is 5.92 Å². The summed E-state index contributed by atoms with van der Waals surface area (Å²) in [5.41, 5.74) is 2.52. The van der Waals surface area contributed by atoms with Crippen molar-refractivity contribution in [2.24, 2.45) is 5.92 Å². The van der Waals surface area contributed by atoms with Gasteiger partial charge in [0, 0.05) is 49.2 Å². The molecule has 37 heavy (non-hydrogen) atoms. The molecule has 0 bridgehead atoms. The maximum Gasteiger partial charge on any atom is 0.258 e. The zero-order valence-corrected chi connectivity index (χ0v) is 21.5. The Balaban J connectivity index is 1.60. The molecule has 2 aromatic carbocycles. The third-order valence-corrected chi connectivity index (χ3v) is 6.65. The highest BCUT2D eigenvalue weighted by Crippen LogP contribution is 2.31. The summed E-state index contributed by atoms with van der Waals surface area (Å²) < 4.78 is 6.46. The number of anilines is 1. The van der Waals surface area contributed by atoms with Crippen LogP contribution in [0.5, 0.6) is 5.75 Å². The van der Waals surface area contributed by atoms with Crippen molar-refractivity contribution in [3.8, 4) is 5.75 Å². The van der Waals surface area contributed by atoms with Crippen molar-refractivity contribution in [3.63, 3.8) is 0 Å². The molecule has 3 aromatic rings. The largest absolute Gasteiger partial charge is 0.488 e. The number of pyridine rings is 1. The van der Waals surface area contributed by atoms with Crippen LogP contribution in [0.3, 0.4) is 0 Å².